The quantitative estimate of drug-likeness (QED) is 0.182. The molecule has 3 aliphatic carbocycles. The van der Waals surface area contributed by atoms with Crippen LogP contribution in [-0.2, 0) is 19.2 Å². The van der Waals surface area contributed by atoms with E-state index in [1.807, 2.05) is 35.6 Å². The van der Waals surface area contributed by atoms with Crippen molar-refractivity contribution in [3.05, 3.63) is 83.4 Å². The first-order chi connectivity index (χ1) is 19.0. The topological polar surface area (TPSA) is 101 Å². The van der Waals surface area contributed by atoms with Gasteiger partial charge in [-0.15, -0.1) is 0 Å². The van der Waals surface area contributed by atoms with Crippen LogP contribution in [0.2, 0.25) is 5.02 Å². The number of aromatic hydroxyl groups is 1. The average Bonchev–Trinajstić information content (AvgIpc) is 3.18. The molecular formula is C30H22BrClINO6. The number of imide groups is 1. The van der Waals surface area contributed by atoms with Gasteiger partial charge in [-0.05, 0) is 99.6 Å². The lowest BCUT2D eigenvalue weighted by Crippen LogP contribution is -2.39. The number of phenols is 1. The number of rotatable bonds is 3. The molecule has 2 amide bonds. The van der Waals surface area contributed by atoms with Crippen LogP contribution in [0.1, 0.15) is 29.9 Å². The predicted octanol–water partition coefficient (Wildman–Crippen LogP) is 5.93. The van der Waals surface area contributed by atoms with Crippen LogP contribution < -0.4 is 9.64 Å². The number of ether oxygens (including phenoxy) is 1. The fourth-order valence-electron chi connectivity index (χ4n) is 6.48. The fourth-order valence-corrected chi connectivity index (χ4v) is 7.72. The third-order valence-electron chi connectivity index (χ3n) is 8.35. The van der Waals surface area contributed by atoms with E-state index in [1.54, 1.807) is 30.3 Å². The molecule has 1 N–H and O–H groups in total. The van der Waals surface area contributed by atoms with Crippen LogP contribution in [0.15, 0.2) is 63.7 Å². The fraction of sp³-hybridized carbons (Fsp3) is 0.267. The first kappa shape index (κ1) is 27.4. The van der Waals surface area contributed by atoms with Gasteiger partial charge in [0.1, 0.15) is 0 Å². The van der Waals surface area contributed by atoms with Gasteiger partial charge >= 0.3 is 0 Å². The molecule has 10 heteroatoms. The number of aryl methyl sites for hydroxylation is 1. The number of allylic oxidation sites excluding steroid dienone is 6. The summed E-state index contributed by atoms with van der Waals surface area (Å²) in [5, 5.41) is 10.9. The number of anilines is 1. The first-order valence-electron chi connectivity index (χ1n) is 12.6. The van der Waals surface area contributed by atoms with Crippen molar-refractivity contribution in [2.24, 2.45) is 17.8 Å². The van der Waals surface area contributed by atoms with Gasteiger partial charge in [-0.25, -0.2) is 4.90 Å². The monoisotopic (exact) mass is 733 g/mol. The maximum atomic E-state index is 14.0. The van der Waals surface area contributed by atoms with Gasteiger partial charge in [0.15, 0.2) is 23.1 Å². The molecule has 0 saturated carbocycles. The molecule has 2 aromatic carbocycles. The van der Waals surface area contributed by atoms with Crippen LogP contribution in [0.5, 0.6) is 11.5 Å². The highest BCUT2D eigenvalue weighted by Gasteiger charge is 2.56. The van der Waals surface area contributed by atoms with Gasteiger partial charge in [-0.3, -0.25) is 19.2 Å². The molecule has 0 bridgehead atoms. The molecule has 1 aliphatic heterocycles. The van der Waals surface area contributed by atoms with E-state index in [-0.39, 0.29) is 45.8 Å². The number of hydrogen-bond donors (Lipinski definition) is 1. The normalized spacial score (nSPS) is 25.9. The summed E-state index contributed by atoms with van der Waals surface area (Å²) in [4.78, 5) is 55.7. The third kappa shape index (κ3) is 4.03. The number of carbonyl (C=O) groups is 4. The summed E-state index contributed by atoms with van der Waals surface area (Å²) in [5.41, 5.74) is 3.43. The van der Waals surface area contributed by atoms with Crippen LogP contribution in [0, 0.1) is 28.2 Å². The summed E-state index contributed by atoms with van der Waals surface area (Å²) in [5.74, 6) is -3.43. The maximum Gasteiger partial charge on any atom is 0.238 e. The molecule has 0 radical (unpaired) electrons. The van der Waals surface area contributed by atoms with E-state index >= 15 is 0 Å². The Hall–Kier alpha value is -2.76. The summed E-state index contributed by atoms with van der Waals surface area (Å²) >= 11 is 11.6. The zero-order valence-corrected chi connectivity index (χ0v) is 25.8. The second kappa shape index (κ2) is 9.95. The van der Waals surface area contributed by atoms with Crippen LogP contribution in [-0.4, -0.2) is 35.6 Å². The number of methoxy groups -OCH3 is 1. The molecule has 0 unspecified atom stereocenters. The van der Waals surface area contributed by atoms with E-state index in [4.69, 9.17) is 16.3 Å². The summed E-state index contributed by atoms with van der Waals surface area (Å²) in [7, 11) is 1.44. The van der Waals surface area contributed by atoms with Crippen molar-refractivity contribution in [3.63, 3.8) is 0 Å². The second-order valence-electron chi connectivity index (χ2n) is 10.4. The van der Waals surface area contributed by atoms with Crippen molar-refractivity contribution in [1.82, 2.24) is 0 Å². The minimum absolute atomic E-state index is 0.0243. The van der Waals surface area contributed by atoms with Gasteiger partial charge in [0, 0.05) is 28.2 Å². The van der Waals surface area contributed by atoms with E-state index in [2.05, 4.69) is 15.9 Å². The Morgan fingerprint density at radius 3 is 2.55 bits per heavy atom. The number of carbonyl (C=O) groups excluding carboxylic acids is 4. The van der Waals surface area contributed by atoms with E-state index in [1.165, 1.54) is 18.1 Å². The van der Waals surface area contributed by atoms with Crippen molar-refractivity contribution in [3.8, 4) is 11.5 Å². The number of hydrogen-bond acceptors (Lipinski definition) is 6. The number of nitrogens with zero attached hydrogens (tertiary/aromatic N) is 1. The number of ketones is 2. The van der Waals surface area contributed by atoms with Crippen molar-refractivity contribution in [2.45, 2.75) is 25.7 Å². The van der Waals surface area contributed by atoms with E-state index in [0.29, 0.717) is 37.4 Å². The Balaban J connectivity index is 1.50. The Morgan fingerprint density at radius 2 is 1.85 bits per heavy atom. The molecule has 1 heterocycles. The first-order valence-corrected chi connectivity index (χ1v) is 14.9. The minimum atomic E-state index is -0.699. The molecule has 2 aromatic rings. The smallest absolute Gasteiger partial charge is 0.238 e. The molecule has 0 aromatic heterocycles. The van der Waals surface area contributed by atoms with Crippen molar-refractivity contribution < 1.29 is 29.0 Å². The van der Waals surface area contributed by atoms with E-state index in [0.717, 1.165) is 11.1 Å². The third-order valence-corrected chi connectivity index (χ3v) is 10.2. The Bertz CT molecular complexity index is 1660. The predicted molar refractivity (Wildman–Crippen MR) is 161 cm³/mol. The molecule has 6 rings (SSSR count). The van der Waals surface area contributed by atoms with Gasteiger partial charge in [0.05, 0.1) is 32.7 Å². The zero-order chi connectivity index (χ0) is 28.6. The Labute approximate surface area is 257 Å². The number of halogens is 3. The molecular weight excluding hydrogens is 713 g/mol. The minimum Gasteiger partial charge on any atom is -0.504 e. The van der Waals surface area contributed by atoms with Crippen LogP contribution in [0.25, 0.3) is 0 Å². The number of Topliss-reactive ketones (excluding diaryl/α,β-unsaturated/α-hetero) is 1. The zero-order valence-electron chi connectivity index (χ0n) is 21.3. The highest BCUT2D eigenvalue weighted by Crippen LogP contribution is 2.56. The van der Waals surface area contributed by atoms with Crippen molar-refractivity contribution in [1.29, 1.82) is 0 Å². The second-order valence-corrected chi connectivity index (χ2v) is 12.8. The standard InChI is InChI=1S/C30H22BrClINO6/c1-12-3-4-14(9-20(12)32)34-29(38)16-6-5-15-17(25(16)30(34)39)10-18-26(22(35)11-19(31)27(18)36)24(15)13-7-21(33)28(37)23(8-13)40-2/h3-5,7-9,11,16-17,24-25,37H,6,10H2,1-2H3/t16-,17+,24-,25-/m0/s1. The number of benzene rings is 2. The lowest BCUT2D eigenvalue weighted by Gasteiger charge is -2.42. The summed E-state index contributed by atoms with van der Waals surface area (Å²) in [6, 6.07) is 8.53. The van der Waals surface area contributed by atoms with Crippen molar-refractivity contribution in [2.75, 3.05) is 12.0 Å². The number of phenolic OH excluding ortho intramolecular Hbond substituents is 1. The summed E-state index contributed by atoms with van der Waals surface area (Å²) in [6.07, 6.45) is 3.73. The number of fused-ring (bicyclic) bond motifs is 3. The van der Waals surface area contributed by atoms with Crippen molar-refractivity contribution >= 4 is 79.2 Å². The lowest BCUT2D eigenvalue weighted by atomic mass is 9.59. The Morgan fingerprint density at radius 1 is 1.10 bits per heavy atom. The Kier molecular flexibility index (Phi) is 6.82. The molecule has 7 nitrogen and oxygen atoms in total. The summed E-state index contributed by atoms with van der Waals surface area (Å²) < 4.78 is 6.08. The highest BCUT2D eigenvalue weighted by atomic mass is 127. The largest absolute Gasteiger partial charge is 0.504 e. The lowest BCUT2D eigenvalue weighted by molar-refractivity contribution is -0.123. The van der Waals surface area contributed by atoms with Gasteiger partial charge in [0.2, 0.25) is 11.8 Å². The van der Waals surface area contributed by atoms with Gasteiger partial charge in [-0.2, -0.15) is 0 Å². The number of amides is 2. The molecule has 1 saturated heterocycles. The SMILES string of the molecule is COc1cc([C@H]2C3=CC[C@@H]4C(=O)N(c5ccc(C)c(Cl)c5)C(=O)[C@@H]4[C@@H]3CC3=C2C(=O)C=C(Br)C3=O)cc(I)c1O. The van der Waals surface area contributed by atoms with Gasteiger partial charge in [0.25, 0.3) is 0 Å². The van der Waals surface area contributed by atoms with E-state index < -0.39 is 23.7 Å². The molecule has 4 atom stereocenters. The molecule has 204 valence electrons. The van der Waals surface area contributed by atoms with E-state index in [9.17, 15) is 24.3 Å². The van der Waals surface area contributed by atoms with Crippen LogP contribution in [0.3, 0.4) is 0 Å². The molecule has 1 fully saturated rings. The maximum absolute atomic E-state index is 14.0. The van der Waals surface area contributed by atoms with Gasteiger partial charge in [-0.1, -0.05) is 29.3 Å². The highest BCUT2D eigenvalue weighted by molar-refractivity contribution is 14.1. The summed E-state index contributed by atoms with van der Waals surface area (Å²) in [6.45, 7) is 1.84. The van der Waals surface area contributed by atoms with Crippen LogP contribution >= 0.6 is 50.1 Å². The average molecular weight is 735 g/mol. The van der Waals surface area contributed by atoms with Crippen LogP contribution in [0.4, 0.5) is 5.69 Å². The molecule has 4 aliphatic rings. The van der Waals surface area contributed by atoms with Gasteiger partial charge < -0.3 is 9.84 Å². The molecule has 0 spiro atoms. The molecule has 40 heavy (non-hydrogen) atoms.